The Kier molecular flexibility index (Phi) is 2.32. The molecule has 0 saturated heterocycles. The minimum Gasteiger partial charge on any atom is -0.332 e. The summed E-state index contributed by atoms with van der Waals surface area (Å²) in [7, 11) is 0. The van der Waals surface area contributed by atoms with Crippen LogP contribution in [-0.4, -0.2) is 25.3 Å². The van der Waals surface area contributed by atoms with E-state index in [-0.39, 0.29) is 0 Å². The van der Waals surface area contributed by atoms with Crippen molar-refractivity contribution in [1.82, 2.24) is 25.3 Å². The van der Waals surface area contributed by atoms with E-state index in [0.29, 0.717) is 17.4 Å². The van der Waals surface area contributed by atoms with E-state index in [1.807, 2.05) is 36.4 Å². The fourth-order valence-corrected chi connectivity index (χ4v) is 2.06. The number of rotatable bonds is 2. The lowest BCUT2D eigenvalue weighted by atomic mass is 10.2. The van der Waals surface area contributed by atoms with Crippen LogP contribution < -0.4 is 0 Å². The standard InChI is InChI=1S/C14H9N5O/c1-2-4-11-10(3-1)12(18-17-11)14-16-13(19-20-14)9-5-7-15-8-6-9/h1-8H,(H,17,18). The van der Waals surface area contributed by atoms with Gasteiger partial charge in [-0.2, -0.15) is 10.1 Å². The summed E-state index contributed by atoms with van der Waals surface area (Å²) in [5.74, 6) is 0.920. The summed E-state index contributed by atoms with van der Waals surface area (Å²) < 4.78 is 5.31. The summed E-state index contributed by atoms with van der Waals surface area (Å²) in [6.45, 7) is 0. The normalized spacial score (nSPS) is 11.0. The van der Waals surface area contributed by atoms with Gasteiger partial charge in [0.1, 0.15) is 0 Å². The second-order valence-corrected chi connectivity index (χ2v) is 4.28. The largest absolute Gasteiger partial charge is 0.332 e. The smallest absolute Gasteiger partial charge is 0.279 e. The Labute approximate surface area is 113 Å². The molecule has 96 valence electrons. The number of nitrogens with zero attached hydrogens (tertiary/aromatic N) is 4. The van der Waals surface area contributed by atoms with E-state index in [2.05, 4.69) is 25.3 Å². The zero-order valence-corrected chi connectivity index (χ0v) is 10.3. The van der Waals surface area contributed by atoms with Gasteiger partial charge in [-0.05, 0) is 18.2 Å². The molecular formula is C14H9N5O. The van der Waals surface area contributed by atoms with Gasteiger partial charge in [-0.15, -0.1) is 0 Å². The number of para-hydroxylation sites is 1. The summed E-state index contributed by atoms with van der Waals surface area (Å²) in [5, 5.41) is 12.1. The van der Waals surface area contributed by atoms with Crippen LogP contribution in [0, 0.1) is 0 Å². The summed E-state index contributed by atoms with van der Waals surface area (Å²) in [4.78, 5) is 8.35. The molecule has 20 heavy (non-hydrogen) atoms. The summed E-state index contributed by atoms with van der Waals surface area (Å²) in [6.07, 6.45) is 3.38. The van der Waals surface area contributed by atoms with E-state index in [9.17, 15) is 0 Å². The molecule has 0 bridgehead atoms. The lowest BCUT2D eigenvalue weighted by Crippen LogP contribution is -1.82. The molecule has 0 amide bonds. The molecule has 3 aromatic heterocycles. The molecule has 6 nitrogen and oxygen atoms in total. The van der Waals surface area contributed by atoms with Crippen LogP contribution in [0.1, 0.15) is 0 Å². The second-order valence-electron chi connectivity index (χ2n) is 4.28. The monoisotopic (exact) mass is 263 g/mol. The molecule has 4 aromatic rings. The first-order valence-corrected chi connectivity index (χ1v) is 6.09. The van der Waals surface area contributed by atoms with Crippen LogP contribution in [0.2, 0.25) is 0 Å². The van der Waals surface area contributed by atoms with Gasteiger partial charge in [0, 0.05) is 23.3 Å². The molecule has 1 N–H and O–H groups in total. The second kappa shape index (κ2) is 4.27. The van der Waals surface area contributed by atoms with Gasteiger partial charge in [0.05, 0.1) is 5.52 Å². The average Bonchev–Trinajstić information content (AvgIpc) is 3.14. The first-order chi connectivity index (χ1) is 9.92. The first kappa shape index (κ1) is 10.9. The van der Waals surface area contributed by atoms with Crippen LogP contribution in [0.4, 0.5) is 0 Å². The Morgan fingerprint density at radius 2 is 1.85 bits per heavy atom. The molecule has 1 aromatic carbocycles. The third-order valence-electron chi connectivity index (χ3n) is 3.04. The molecule has 4 rings (SSSR count). The van der Waals surface area contributed by atoms with Gasteiger partial charge in [0.2, 0.25) is 5.82 Å². The first-order valence-electron chi connectivity index (χ1n) is 6.09. The van der Waals surface area contributed by atoms with Crippen molar-refractivity contribution >= 4 is 10.9 Å². The number of pyridine rings is 1. The fraction of sp³-hybridized carbons (Fsp3) is 0. The molecule has 0 aliphatic rings. The molecule has 0 fully saturated rings. The Morgan fingerprint density at radius 1 is 1.00 bits per heavy atom. The van der Waals surface area contributed by atoms with Gasteiger partial charge in [-0.25, -0.2) is 0 Å². The summed E-state index contributed by atoms with van der Waals surface area (Å²) in [6, 6.07) is 11.5. The number of aromatic amines is 1. The van der Waals surface area contributed by atoms with Crippen molar-refractivity contribution in [1.29, 1.82) is 0 Å². The predicted octanol–water partition coefficient (Wildman–Crippen LogP) is 2.67. The number of aromatic nitrogens is 5. The molecule has 0 aliphatic heterocycles. The van der Waals surface area contributed by atoms with Crippen molar-refractivity contribution in [3.63, 3.8) is 0 Å². The molecule has 3 heterocycles. The predicted molar refractivity (Wildman–Crippen MR) is 72.6 cm³/mol. The van der Waals surface area contributed by atoms with E-state index in [4.69, 9.17) is 4.52 Å². The van der Waals surface area contributed by atoms with Gasteiger partial charge < -0.3 is 4.52 Å². The van der Waals surface area contributed by atoms with E-state index in [1.54, 1.807) is 12.4 Å². The van der Waals surface area contributed by atoms with Crippen LogP contribution in [-0.2, 0) is 0 Å². The quantitative estimate of drug-likeness (QED) is 0.601. The molecule has 0 atom stereocenters. The van der Waals surface area contributed by atoms with Gasteiger partial charge in [-0.3, -0.25) is 10.1 Å². The van der Waals surface area contributed by atoms with Crippen LogP contribution >= 0.6 is 0 Å². The minimum absolute atomic E-state index is 0.397. The highest BCUT2D eigenvalue weighted by atomic mass is 16.5. The third kappa shape index (κ3) is 1.66. The highest BCUT2D eigenvalue weighted by Crippen LogP contribution is 2.26. The Morgan fingerprint density at radius 3 is 2.75 bits per heavy atom. The van der Waals surface area contributed by atoms with Crippen LogP contribution in [0.25, 0.3) is 33.9 Å². The highest BCUT2D eigenvalue weighted by Gasteiger charge is 2.15. The number of hydrogen-bond acceptors (Lipinski definition) is 5. The molecule has 0 spiro atoms. The SMILES string of the molecule is c1ccc2c(-c3nc(-c4ccncc4)no3)n[nH]c2c1. The van der Waals surface area contributed by atoms with E-state index in [1.165, 1.54) is 0 Å². The minimum atomic E-state index is 0.397. The van der Waals surface area contributed by atoms with Gasteiger partial charge >= 0.3 is 0 Å². The van der Waals surface area contributed by atoms with E-state index >= 15 is 0 Å². The molecule has 6 heteroatoms. The maximum absolute atomic E-state index is 5.31. The molecule has 0 radical (unpaired) electrons. The lowest BCUT2D eigenvalue weighted by Gasteiger charge is -1.90. The number of fused-ring (bicyclic) bond motifs is 1. The number of hydrogen-bond donors (Lipinski definition) is 1. The van der Waals surface area contributed by atoms with Crippen molar-refractivity contribution in [2.24, 2.45) is 0 Å². The van der Waals surface area contributed by atoms with Gasteiger partial charge in [0.15, 0.2) is 5.69 Å². The fourth-order valence-electron chi connectivity index (χ4n) is 2.06. The van der Waals surface area contributed by atoms with Crippen LogP contribution in [0.15, 0.2) is 53.3 Å². The van der Waals surface area contributed by atoms with Crippen molar-refractivity contribution in [2.75, 3.05) is 0 Å². The molecular weight excluding hydrogens is 254 g/mol. The zero-order valence-electron chi connectivity index (χ0n) is 10.3. The molecule has 0 unspecified atom stereocenters. The maximum Gasteiger partial charge on any atom is 0.279 e. The number of benzene rings is 1. The average molecular weight is 263 g/mol. The summed E-state index contributed by atoms with van der Waals surface area (Å²) >= 11 is 0. The molecule has 0 saturated carbocycles. The highest BCUT2D eigenvalue weighted by molar-refractivity contribution is 5.90. The van der Waals surface area contributed by atoms with E-state index in [0.717, 1.165) is 16.5 Å². The van der Waals surface area contributed by atoms with Crippen molar-refractivity contribution < 1.29 is 4.52 Å². The van der Waals surface area contributed by atoms with Crippen LogP contribution in [0.5, 0.6) is 0 Å². The lowest BCUT2D eigenvalue weighted by molar-refractivity contribution is 0.431. The summed E-state index contributed by atoms with van der Waals surface area (Å²) in [5.41, 5.74) is 2.45. The third-order valence-corrected chi connectivity index (χ3v) is 3.04. The zero-order chi connectivity index (χ0) is 13.4. The Balaban J connectivity index is 1.82. The van der Waals surface area contributed by atoms with Crippen molar-refractivity contribution in [2.45, 2.75) is 0 Å². The van der Waals surface area contributed by atoms with E-state index < -0.39 is 0 Å². The van der Waals surface area contributed by atoms with Gasteiger partial charge in [0.25, 0.3) is 5.89 Å². The Bertz CT molecular complexity index is 865. The maximum atomic E-state index is 5.31. The topological polar surface area (TPSA) is 80.5 Å². The van der Waals surface area contributed by atoms with Crippen molar-refractivity contribution in [3.05, 3.63) is 48.8 Å². The molecule has 0 aliphatic carbocycles. The Hall–Kier alpha value is -3.02. The number of nitrogens with one attached hydrogen (secondary N) is 1. The van der Waals surface area contributed by atoms with Crippen molar-refractivity contribution in [3.8, 4) is 23.0 Å². The van der Waals surface area contributed by atoms with Crippen LogP contribution in [0.3, 0.4) is 0 Å². The number of H-pyrrole nitrogens is 1. The van der Waals surface area contributed by atoms with Gasteiger partial charge in [-0.1, -0.05) is 23.4 Å².